The molecule has 9 heteroatoms. The van der Waals surface area contributed by atoms with E-state index in [1.807, 2.05) is 42.5 Å². The SMILES string of the molecule is COc1ccc(-c2c(C(=O)O)n(Cc3ccc4nsnc4c3)c3c2oc2ccccc23)c(O)c1. The topological polar surface area (TPSA) is 111 Å². The maximum Gasteiger partial charge on any atom is 0.353 e. The Hall–Kier alpha value is -4.37. The van der Waals surface area contributed by atoms with Crippen LogP contribution in [0.3, 0.4) is 0 Å². The number of rotatable bonds is 5. The lowest BCUT2D eigenvalue weighted by molar-refractivity contribution is 0.0687. The van der Waals surface area contributed by atoms with E-state index in [4.69, 9.17) is 9.15 Å². The number of phenols is 1. The van der Waals surface area contributed by atoms with Crippen LogP contribution in [0.2, 0.25) is 0 Å². The summed E-state index contributed by atoms with van der Waals surface area (Å²) in [5.74, 6) is -0.767. The number of phenolic OH excluding ortho intramolecular Hbond substituents is 1. The van der Waals surface area contributed by atoms with Gasteiger partial charge < -0.3 is 23.9 Å². The van der Waals surface area contributed by atoms with Gasteiger partial charge in [-0.25, -0.2) is 4.79 Å². The Morgan fingerprint density at radius 1 is 1.09 bits per heavy atom. The van der Waals surface area contributed by atoms with Gasteiger partial charge in [-0.2, -0.15) is 8.75 Å². The summed E-state index contributed by atoms with van der Waals surface area (Å²) in [6, 6.07) is 17.9. The number of carboxylic acid groups (broad SMARTS) is 1. The Morgan fingerprint density at radius 3 is 2.71 bits per heavy atom. The summed E-state index contributed by atoms with van der Waals surface area (Å²) in [4.78, 5) is 12.6. The summed E-state index contributed by atoms with van der Waals surface area (Å²) in [5, 5.41) is 21.9. The quantitative estimate of drug-likeness (QED) is 0.341. The van der Waals surface area contributed by atoms with E-state index in [9.17, 15) is 15.0 Å². The Labute approximate surface area is 196 Å². The minimum atomic E-state index is -1.13. The van der Waals surface area contributed by atoms with E-state index in [1.165, 1.54) is 13.2 Å². The van der Waals surface area contributed by atoms with Gasteiger partial charge in [-0.05, 0) is 42.0 Å². The fraction of sp³-hybridized carbons (Fsp3) is 0.0800. The van der Waals surface area contributed by atoms with Crippen LogP contribution < -0.4 is 4.74 Å². The van der Waals surface area contributed by atoms with E-state index in [1.54, 1.807) is 16.7 Å². The lowest BCUT2D eigenvalue weighted by Gasteiger charge is -2.11. The second-order valence-corrected chi connectivity index (χ2v) is 8.39. The predicted molar refractivity (Wildman–Crippen MR) is 129 cm³/mol. The maximum atomic E-state index is 12.6. The van der Waals surface area contributed by atoms with Crippen molar-refractivity contribution in [2.75, 3.05) is 7.11 Å². The van der Waals surface area contributed by atoms with Crippen LogP contribution in [0, 0.1) is 0 Å². The van der Waals surface area contributed by atoms with E-state index in [0.29, 0.717) is 33.6 Å². The highest BCUT2D eigenvalue weighted by molar-refractivity contribution is 7.00. The summed E-state index contributed by atoms with van der Waals surface area (Å²) in [6.45, 7) is 0.270. The second-order valence-electron chi connectivity index (χ2n) is 7.86. The van der Waals surface area contributed by atoms with Crippen LogP contribution in [0.5, 0.6) is 11.5 Å². The summed E-state index contributed by atoms with van der Waals surface area (Å²) in [5.41, 5.74) is 4.79. The third-order valence-electron chi connectivity index (χ3n) is 5.91. The lowest BCUT2D eigenvalue weighted by Crippen LogP contribution is -2.11. The summed E-state index contributed by atoms with van der Waals surface area (Å²) < 4.78 is 21.6. The number of benzene rings is 3. The Kier molecular flexibility index (Phi) is 4.53. The largest absolute Gasteiger partial charge is 0.507 e. The molecule has 34 heavy (non-hydrogen) atoms. The first-order valence-corrected chi connectivity index (χ1v) is 11.1. The van der Waals surface area contributed by atoms with Gasteiger partial charge in [0.15, 0.2) is 5.58 Å². The fourth-order valence-electron chi connectivity index (χ4n) is 4.41. The van der Waals surface area contributed by atoms with E-state index in [2.05, 4.69) is 8.75 Å². The zero-order chi connectivity index (χ0) is 23.4. The number of fused-ring (bicyclic) bond motifs is 4. The van der Waals surface area contributed by atoms with Crippen molar-refractivity contribution < 1.29 is 24.2 Å². The number of carboxylic acids is 1. The van der Waals surface area contributed by atoms with E-state index >= 15 is 0 Å². The first kappa shape index (κ1) is 20.3. The van der Waals surface area contributed by atoms with Crippen LogP contribution in [0.15, 0.2) is 65.1 Å². The van der Waals surface area contributed by atoms with Gasteiger partial charge in [-0.1, -0.05) is 18.2 Å². The van der Waals surface area contributed by atoms with E-state index in [0.717, 1.165) is 33.7 Å². The Bertz CT molecular complexity index is 1730. The van der Waals surface area contributed by atoms with Crippen LogP contribution in [0.4, 0.5) is 0 Å². The van der Waals surface area contributed by atoms with Crippen LogP contribution >= 0.6 is 11.7 Å². The van der Waals surface area contributed by atoms with Gasteiger partial charge in [0, 0.05) is 23.6 Å². The molecule has 8 nitrogen and oxygen atoms in total. The zero-order valence-electron chi connectivity index (χ0n) is 17.8. The number of aromatic carboxylic acids is 1. The molecule has 0 radical (unpaired) electrons. The molecule has 0 aliphatic heterocycles. The minimum Gasteiger partial charge on any atom is -0.507 e. The van der Waals surface area contributed by atoms with Crippen molar-refractivity contribution in [2.45, 2.75) is 6.54 Å². The number of hydrogen-bond donors (Lipinski definition) is 2. The molecule has 0 amide bonds. The molecule has 0 aliphatic rings. The van der Waals surface area contributed by atoms with Gasteiger partial charge >= 0.3 is 5.97 Å². The molecule has 3 aromatic carbocycles. The predicted octanol–water partition coefficient (Wildman–Crippen LogP) is 5.52. The lowest BCUT2D eigenvalue weighted by atomic mass is 10.0. The molecule has 0 fully saturated rings. The summed E-state index contributed by atoms with van der Waals surface area (Å²) >= 11 is 1.13. The molecule has 6 aromatic rings. The van der Waals surface area contributed by atoms with Crippen molar-refractivity contribution in [3.05, 3.63) is 71.9 Å². The van der Waals surface area contributed by atoms with Gasteiger partial charge in [-0.3, -0.25) is 0 Å². The van der Waals surface area contributed by atoms with Crippen molar-refractivity contribution in [3.63, 3.8) is 0 Å². The second kappa shape index (κ2) is 7.60. The molecule has 3 heterocycles. The molecular weight excluding hydrogens is 454 g/mol. The molecule has 2 N–H and O–H groups in total. The van der Waals surface area contributed by atoms with Crippen LogP contribution in [-0.2, 0) is 6.54 Å². The molecule has 0 saturated heterocycles. The number of methoxy groups -OCH3 is 1. The van der Waals surface area contributed by atoms with Crippen molar-refractivity contribution in [2.24, 2.45) is 0 Å². The molecule has 168 valence electrons. The average Bonchev–Trinajstić information content (AvgIpc) is 3.52. The van der Waals surface area contributed by atoms with Gasteiger partial charge in [0.05, 0.1) is 29.9 Å². The molecule has 0 unspecified atom stereocenters. The number of carbonyl (C=O) groups is 1. The molecule has 3 aromatic heterocycles. The standard InChI is InChI=1S/C25H17N3O5S/c1-32-14-7-8-15(19(29)11-14)21-23(25(30)31)28(12-13-6-9-17-18(10-13)27-34-26-17)22-16-4-2-3-5-20(16)33-24(21)22/h2-11,29H,12H2,1H3,(H,30,31). The van der Waals surface area contributed by atoms with Crippen LogP contribution in [0.25, 0.3) is 44.2 Å². The fourth-order valence-corrected chi connectivity index (χ4v) is 4.93. The number of aromatic hydroxyl groups is 1. The molecule has 0 saturated carbocycles. The van der Waals surface area contributed by atoms with Crippen molar-refractivity contribution >= 4 is 50.8 Å². The number of para-hydroxylation sites is 1. The highest BCUT2D eigenvalue weighted by atomic mass is 32.1. The molecule has 6 rings (SSSR count). The van der Waals surface area contributed by atoms with Gasteiger partial charge in [0.2, 0.25) is 0 Å². The average molecular weight is 471 g/mol. The third kappa shape index (κ3) is 3.01. The highest BCUT2D eigenvalue weighted by Gasteiger charge is 2.29. The monoisotopic (exact) mass is 471 g/mol. The molecular formula is C25H17N3O5S. The van der Waals surface area contributed by atoms with Crippen molar-refractivity contribution in [3.8, 4) is 22.6 Å². The normalized spacial score (nSPS) is 11.6. The molecule has 0 spiro atoms. The number of hydrogen-bond acceptors (Lipinski definition) is 7. The summed E-state index contributed by atoms with van der Waals surface area (Å²) in [7, 11) is 1.50. The number of aromatic nitrogens is 3. The molecule has 0 bridgehead atoms. The highest BCUT2D eigenvalue weighted by Crippen LogP contribution is 2.44. The van der Waals surface area contributed by atoms with Gasteiger partial charge in [-0.15, -0.1) is 0 Å². The zero-order valence-corrected chi connectivity index (χ0v) is 18.7. The molecule has 0 aliphatic carbocycles. The van der Waals surface area contributed by atoms with Crippen molar-refractivity contribution in [1.29, 1.82) is 0 Å². The van der Waals surface area contributed by atoms with Crippen LogP contribution in [0.1, 0.15) is 16.1 Å². The van der Waals surface area contributed by atoms with Gasteiger partial charge in [0.1, 0.15) is 33.8 Å². The van der Waals surface area contributed by atoms with Crippen LogP contribution in [-0.4, -0.2) is 36.6 Å². The van der Waals surface area contributed by atoms with Crippen molar-refractivity contribution in [1.82, 2.24) is 13.3 Å². The van der Waals surface area contributed by atoms with Gasteiger partial charge in [0.25, 0.3) is 0 Å². The Morgan fingerprint density at radius 2 is 1.91 bits per heavy atom. The minimum absolute atomic E-state index is 0.0245. The Balaban J connectivity index is 1.67. The summed E-state index contributed by atoms with van der Waals surface area (Å²) in [6.07, 6.45) is 0. The third-order valence-corrected chi connectivity index (χ3v) is 6.47. The maximum absolute atomic E-state index is 12.6. The first-order valence-electron chi connectivity index (χ1n) is 10.4. The van der Waals surface area contributed by atoms with E-state index < -0.39 is 5.97 Å². The first-order chi connectivity index (χ1) is 16.5. The number of ether oxygens (including phenoxy) is 1. The molecule has 0 atom stereocenters. The van der Waals surface area contributed by atoms with E-state index in [-0.39, 0.29) is 18.0 Å². The number of furan rings is 1. The number of nitrogens with zero attached hydrogens (tertiary/aromatic N) is 3. The smallest absolute Gasteiger partial charge is 0.353 e.